The SMILES string of the molecule is CCNC(c1cccc2cnccc12)C1CC2CC2C1. The number of nitrogens with zero attached hydrogens (tertiary/aromatic N) is 1. The molecule has 0 bridgehead atoms. The number of pyridine rings is 1. The molecule has 2 aliphatic carbocycles. The number of hydrogen-bond donors (Lipinski definition) is 1. The normalized spacial score (nSPS) is 29.4. The Morgan fingerprint density at radius 2 is 2.05 bits per heavy atom. The number of rotatable bonds is 4. The van der Waals surface area contributed by atoms with Crippen LogP contribution in [0.4, 0.5) is 0 Å². The summed E-state index contributed by atoms with van der Waals surface area (Å²) in [4.78, 5) is 4.26. The van der Waals surface area contributed by atoms with Gasteiger partial charge in [-0.2, -0.15) is 0 Å². The third kappa shape index (κ3) is 2.03. The standard InChI is InChI=1S/C18H22N2/c1-2-20-18(15-9-13-8-14(13)10-15)17-5-3-4-12-11-19-7-6-16(12)17/h3-7,11,13-15,18,20H,2,8-10H2,1H3. The first kappa shape index (κ1) is 12.3. The molecule has 2 fully saturated rings. The predicted molar refractivity (Wildman–Crippen MR) is 82.5 cm³/mol. The van der Waals surface area contributed by atoms with Gasteiger partial charge < -0.3 is 5.32 Å². The maximum Gasteiger partial charge on any atom is 0.0354 e. The van der Waals surface area contributed by atoms with Gasteiger partial charge in [-0.25, -0.2) is 0 Å². The summed E-state index contributed by atoms with van der Waals surface area (Å²) in [6.45, 7) is 3.26. The third-order valence-corrected chi connectivity index (χ3v) is 5.23. The molecule has 0 saturated heterocycles. The summed E-state index contributed by atoms with van der Waals surface area (Å²) in [6.07, 6.45) is 8.23. The average Bonchev–Trinajstić information content (AvgIpc) is 3.11. The molecule has 1 aromatic heterocycles. The minimum Gasteiger partial charge on any atom is -0.310 e. The van der Waals surface area contributed by atoms with Crippen LogP contribution in [-0.4, -0.2) is 11.5 Å². The lowest BCUT2D eigenvalue weighted by Gasteiger charge is -2.27. The van der Waals surface area contributed by atoms with Gasteiger partial charge in [-0.1, -0.05) is 25.1 Å². The molecule has 1 heterocycles. The van der Waals surface area contributed by atoms with Crippen molar-refractivity contribution in [2.24, 2.45) is 17.8 Å². The highest BCUT2D eigenvalue weighted by molar-refractivity contribution is 5.85. The molecule has 104 valence electrons. The van der Waals surface area contributed by atoms with Crippen molar-refractivity contribution in [3.8, 4) is 0 Å². The lowest BCUT2D eigenvalue weighted by Crippen LogP contribution is -2.27. The van der Waals surface area contributed by atoms with Gasteiger partial charge in [-0.3, -0.25) is 4.98 Å². The zero-order valence-electron chi connectivity index (χ0n) is 12.0. The molecule has 0 spiro atoms. The van der Waals surface area contributed by atoms with E-state index in [4.69, 9.17) is 0 Å². The molecule has 20 heavy (non-hydrogen) atoms. The largest absolute Gasteiger partial charge is 0.310 e. The molecule has 1 aromatic carbocycles. The first-order chi connectivity index (χ1) is 9.86. The first-order valence-electron chi connectivity index (χ1n) is 7.93. The molecule has 2 heteroatoms. The highest BCUT2D eigenvalue weighted by atomic mass is 14.9. The zero-order valence-corrected chi connectivity index (χ0v) is 12.0. The highest BCUT2D eigenvalue weighted by Gasteiger charge is 2.48. The van der Waals surface area contributed by atoms with Gasteiger partial charge in [0.15, 0.2) is 0 Å². The molecule has 4 rings (SSSR count). The summed E-state index contributed by atoms with van der Waals surface area (Å²) in [5.41, 5.74) is 1.47. The van der Waals surface area contributed by atoms with Crippen molar-refractivity contribution in [2.45, 2.75) is 32.2 Å². The van der Waals surface area contributed by atoms with Crippen molar-refractivity contribution in [1.82, 2.24) is 10.3 Å². The van der Waals surface area contributed by atoms with Crippen LogP contribution in [0.15, 0.2) is 36.7 Å². The molecule has 2 nitrogen and oxygen atoms in total. The summed E-state index contributed by atoms with van der Waals surface area (Å²) in [7, 11) is 0. The van der Waals surface area contributed by atoms with Crippen LogP contribution in [0.5, 0.6) is 0 Å². The lowest BCUT2D eigenvalue weighted by molar-refractivity contribution is 0.348. The smallest absolute Gasteiger partial charge is 0.0354 e. The minimum atomic E-state index is 0.513. The van der Waals surface area contributed by atoms with E-state index in [2.05, 4.69) is 41.5 Å². The second-order valence-corrected chi connectivity index (χ2v) is 6.47. The Morgan fingerprint density at radius 3 is 2.85 bits per heavy atom. The van der Waals surface area contributed by atoms with Crippen molar-refractivity contribution in [1.29, 1.82) is 0 Å². The molecule has 1 N–H and O–H groups in total. The molecule has 2 saturated carbocycles. The molecule has 2 aromatic rings. The Labute approximate surface area is 120 Å². The molecule has 3 atom stereocenters. The van der Waals surface area contributed by atoms with Crippen LogP contribution in [0.3, 0.4) is 0 Å². The van der Waals surface area contributed by atoms with Crippen molar-refractivity contribution < 1.29 is 0 Å². The van der Waals surface area contributed by atoms with Crippen molar-refractivity contribution in [3.63, 3.8) is 0 Å². The van der Waals surface area contributed by atoms with Crippen LogP contribution >= 0.6 is 0 Å². The van der Waals surface area contributed by atoms with Gasteiger partial charge in [0.05, 0.1) is 0 Å². The Morgan fingerprint density at radius 1 is 1.20 bits per heavy atom. The van der Waals surface area contributed by atoms with E-state index >= 15 is 0 Å². The Hall–Kier alpha value is -1.41. The van der Waals surface area contributed by atoms with Gasteiger partial charge in [0.1, 0.15) is 0 Å². The fourth-order valence-electron chi connectivity index (χ4n) is 4.20. The van der Waals surface area contributed by atoms with E-state index in [1.807, 2.05) is 12.4 Å². The predicted octanol–water partition coefficient (Wildman–Crippen LogP) is 3.93. The van der Waals surface area contributed by atoms with Crippen LogP contribution in [0.25, 0.3) is 10.8 Å². The van der Waals surface area contributed by atoms with Gasteiger partial charge in [0, 0.05) is 23.8 Å². The average molecular weight is 266 g/mol. The van der Waals surface area contributed by atoms with E-state index in [1.165, 1.54) is 35.6 Å². The van der Waals surface area contributed by atoms with Gasteiger partial charge >= 0.3 is 0 Å². The molecule has 0 aliphatic heterocycles. The van der Waals surface area contributed by atoms with Crippen LogP contribution in [0, 0.1) is 17.8 Å². The van der Waals surface area contributed by atoms with Crippen LogP contribution in [0.1, 0.15) is 37.8 Å². The van der Waals surface area contributed by atoms with E-state index in [9.17, 15) is 0 Å². The summed E-state index contributed by atoms with van der Waals surface area (Å²) in [5.74, 6) is 2.90. The number of hydrogen-bond acceptors (Lipinski definition) is 2. The Bertz CT molecular complexity index is 606. The molecule has 2 aliphatic rings. The van der Waals surface area contributed by atoms with Gasteiger partial charge in [-0.05, 0) is 60.6 Å². The topological polar surface area (TPSA) is 24.9 Å². The summed E-state index contributed by atoms with van der Waals surface area (Å²) in [6, 6.07) is 9.34. The van der Waals surface area contributed by atoms with Crippen LogP contribution in [-0.2, 0) is 0 Å². The lowest BCUT2D eigenvalue weighted by atomic mass is 9.87. The van der Waals surface area contributed by atoms with E-state index < -0.39 is 0 Å². The number of nitrogens with one attached hydrogen (secondary N) is 1. The third-order valence-electron chi connectivity index (χ3n) is 5.23. The number of benzene rings is 1. The zero-order chi connectivity index (χ0) is 13.5. The van der Waals surface area contributed by atoms with Gasteiger partial charge in [0.25, 0.3) is 0 Å². The molecular weight excluding hydrogens is 244 g/mol. The maximum absolute atomic E-state index is 4.26. The van der Waals surface area contributed by atoms with E-state index in [1.54, 1.807) is 0 Å². The van der Waals surface area contributed by atoms with Crippen molar-refractivity contribution in [2.75, 3.05) is 6.54 Å². The van der Waals surface area contributed by atoms with Crippen LogP contribution < -0.4 is 5.32 Å². The quantitative estimate of drug-likeness (QED) is 0.907. The molecule has 0 radical (unpaired) electrons. The maximum atomic E-state index is 4.26. The number of fused-ring (bicyclic) bond motifs is 2. The summed E-state index contributed by atoms with van der Waals surface area (Å²) in [5, 5.41) is 6.38. The monoisotopic (exact) mass is 266 g/mol. The van der Waals surface area contributed by atoms with Crippen molar-refractivity contribution in [3.05, 3.63) is 42.2 Å². The van der Waals surface area contributed by atoms with E-state index in [-0.39, 0.29) is 0 Å². The number of aromatic nitrogens is 1. The van der Waals surface area contributed by atoms with E-state index in [0.29, 0.717) is 6.04 Å². The molecule has 0 amide bonds. The summed E-state index contributed by atoms with van der Waals surface area (Å²) >= 11 is 0. The van der Waals surface area contributed by atoms with Crippen molar-refractivity contribution >= 4 is 10.8 Å². The molecular formula is C18H22N2. The fraction of sp³-hybridized carbons (Fsp3) is 0.500. The first-order valence-corrected chi connectivity index (χ1v) is 7.93. The van der Waals surface area contributed by atoms with Crippen LogP contribution in [0.2, 0.25) is 0 Å². The molecule has 3 unspecified atom stereocenters. The second-order valence-electron chi connectivity index (χ2n) is 6.47. The van der Waals surface area contributed by atoms with E-state index in [0.717, 1.165) is 24.3 Å². The second kappa shape index (κ2) is 4.85. The minimum absolute atomic E-state index is 0.513. The summed E-state index contributed by atoms with van der Waals surface area (Å²) < 4.78 is 0. The Balaban J connectivity index is 1.73. The fourth-order valence-corrected chi connectivity index (χ4v) is 4.20. The van der Waals surface area contributed by atoms with Gasteiger partial charge in [0.2, 0.25) is 0 Å². The highest BCUT2D eigenvalue weighted by Crippen LogP contribution is 2.57. The van der Waals surface area contributed by atoms with Gasteiger partial charge in [-0.15, -0.1) is 0 Å². The Kier molecular flexibility index (Phi) is 2.99.